The summed E-state index contributed by atoms with van der Waals surface area (Å²) in [7, 11) is 3.86. The molecule has 0 aliphatic rings. The number of nitrogens with zero attached hydrogens (tertiary/aromatic N) is 2. The minimum Gasteiger partial charge on any atom is -0.380 e. The Hall–Kier alpha value is -3.78. The van der Waals surface area contributed by atoms with Crippen molar-refractivity contribution in [1.82, 2.24) is 30.6 Å². The lowest BCUT2D eigenvalue weighted by atomic mass is 9.98. The molecular formula is C30H34N6O. The molecule has 7 nitrogen and oxygen atoms in total. The zero-order valence-electron chi connectivity index (χ0n) is 21.6. The van der Waals surface area contributed by atoms with Gasteiger partial charge in [-0.15, -0.1) is 0 Å². The van der Waals surface area contributed by atoms with E-state index >= 15 is 0 Å². The largest absolute Gasteiger partial charge is 0.380 e. The highest BCUT2D eigenvalue weighted by atomic mass is 16.5. The van der Waals surface area contributed by atoms with Gasteiger partial charge in [0.15, 0.2) is 0 Å². The van der Waals surface area contributed by atoms with Crippen LogP contribution in [0.3, 0.4) is 0 Å². The van der Waals surface area contributed by atoms with Crippen LogP contribution >= 0.6 is 0 Å². The lowest BCUT2D eigenvalue weighted by Gasteiger charge is -2.08. The molecule has 190 valence electrons. The number of hydrogen-bond donors (Lipinski definition) is 4. The topological polar surface area (TPSA) is 90.7 Å². The number of fused-ring (bicyclic) bond motifs is 1. The van der Waals surface area contributed by atoms with Gasteiger partial charge < -0.3 is 25.3 Å². The number of rotatable bonds is 11. The second-order valence-electron chi connectivity index (χ2n) is 9.26. The summed E-state index contributed by atoms with van der Waals surface area (Å²) in [6.45, 7) is 4.32. The van der Waals surface area contributed by atoms with E-state index in [0.29, 0.717) is 13.2 Å². The molecule has 2 heterocycles. The Kier molecular flexibility index (Phi) is 7.75. The van der Waals surface area contributed by atoms with Crippen LogP contribution in [0.4, 0.5) is 0 Å². The lowest BCUT2D eigenvalue weighted by molar-refractivity contribution is 0.139. The van der Waals surface area contributed by atoms with Gasteiger partial charge in [0.1, 0.15) is 11.6 Å². The highest BCUT2D eigenvalue weighted by molar-refractivity contribution is 5.90. The summed E-state index contributed by atoms with van der Waals surface area (Å²) in [6, 6.07) is 22.0. The van der Waals surface area contributed by atoms with Gasteiger partial charge in [-0.2, -0.15) is 0 Å². The average molecular weight is 495 g/mol. The van der Waals surface area contributed by atoms with E-state index in [1.165, 1.54) is 21.9 Å². The Labute approximate surface area is 217 Å². The highest BCUT2D eigenvalue weighted by Crippen LogP contribution is 2.29. The van der Waals surface area contributed by atoms with Crippen LogP contribution in [0.1, 0.15) is 24.6 Å². The van der Waals surface area contributed by atoms with Gasteiger partial charge in [0.05, 0.1) is 43.0 Å². The number of likely N-dealkylation sites (N-methyl/N-ethyl adjacent to an activating group) is 1. The quantitative estimate of drug-likeness (QED) is 0.186. The summed E-state index contributed by atoms with van der Waals surface area (Å²) < 4.78 is 5.61. The number of imidazole rings is 2. The number of aromatic amines is 2. The maximum atomic E-state index is 5.61. The molecule has 3 aromatic carbocycles. The van der Waals surface area contributed by atoms with Gasteiger partial charge in [-0.1, -0.05) is 48.5 Å². The van der Waals surface area contributed by atoms with E-state index in [1.807, 2.05) is 26.5 Å². The zero-order chi connectivity index (χ0) is 25.6. The molecule has 4 N–H and O–H groups in total. The van der Waals surface area contributed by atoms with Crippen LogP contribution in [0.5, 0.6) is 0 Å². The first kappa shape index (κ1) is 24.9. The third-order valence-electron chi connectivity index (χ3n) is 6.73. The maximum Gasteiger partial charge on any atom is 0.123 e. The summed E-state index contributed by atoms with van der Waals surface area (Å²) >= 11 is 0. The van der Waals surface area contributed by atoms with E-state index in [1.54, 1.807) is 0 Å². The third kappa shape index (κ3) is 5.80. The maximum absolute atomic E-state index is 5.61. The molecular weight excluding hydrogens is 460 g/mol. The molecule has 0 radical (unpaired) electrons. The SMILES string of the molecule is CNCCOCCc1ncc(-c2ccc3cc(-c4ccc(-c5cnc(C(C)NC)[nH]5)cc4)ccc3c2)[nH]1. The number of benzene rings is 3. The highest BCUT2D eigenvalue weighted by Gasteiger charge is 2.10. The zero-order valence-corrected chi connectivity index (χ0v) is 21.6. The van der Waals surface area contributed by atoms with Gasteiger partial charge in [0.25, 0.3) is 0 Å². The number of hydrogen-bond acceptors (Lipinski definition) is 5. The molecule has 0 aliphatic carbocycles. The first-order valence-electron chi connectivity index (χ1n) is 12.8. The molecule has 0 aliphatic heterocycles. The van der Waals surface area contributed by atoms with Crippen molar-refractivity contribution >= 4 is 10.8 Å². The first-order valence-corrected chi connectivity index (χ1v) is 12.8. The van der Waals surface area contributed by atoms with Gasteiger partial charge in [-0.3, -0.25) is 0 Å². The standard InChI is InChI=1S/C30H34N6O/c1-20(32-3)30-34-19-27(36-30)22-6-4-21(5-7-22)23-8-9-25-17-26(11-10-24(25)16-23)28-18-33-29(35-28)12-14-37-15-13-31-2/h4-11,16-20,31-32H,12-15H2,1-3H3,(H,33,35)(H,34,36). The summed E-state index contributed by atoms with van der Waals surface area (Å²) in [6.07, 6.45) is 4.58. The molecule has 7 heteroatoms. The molecule has 5 rings (SSSR count). The van der Waals surface area contributed by atoms with E-state index < -0.39 is 0 Å². The van der Waals surface area contributed by atoms with E-state index in [0.717, 1.165) is 47.1 Å². The van der Waals surface area contributed by atoms with Crippen molar-refractivity contribution in [1.29, 1.82) is 0 Å². The normalized spacial score (nSPS) is 12.3. The first-order chi connectivity index (χ1) is 18.1. The molecule has 0 saturated carbocycles. The van der Waals surface area contributed by atoms with Crippen molar-refractivity contribution in [2.45, 2.75) is 19.4 Å². The molecule has 37 heavy (non-hydrogen) atoms. The van der Waals surface area contributed by atoms with E-state index in [-0.39, 0.29) is 6.04 Å². The molecule has 1 unspecified atom stereocenters. The lowest BCUT2D eigenvalue weighted by Crippen LogP contribution is -2.15. The van der Waals surface area contributed by atoms with Crippen molar-refractivity contribution in [2.24, 2.45) is 0 Å². The van der Waals surface area contributed by atoms with Crippen molar-refractivity contribution in [2.75, 3.05) is 33.9 Å². The van der Waals surface area contributed by atoms with Crippen LogP contribution in [-0.2, 0) is 11.2 Å². The number of nitrogens with one attached hydrogen (secondary N) is 4. The third-order valence-corrected chi connectivity index (χ3v) is 6.73. The average Bonchev–Trinajstić information content (AvgIpc) is 3.63. The Balaban J connectivity index is 1.28. The fraction of sp³-hybridized carbons (Fsp3) is 0.267. The summed E-state index contributed by atoms with van der Waals surface area (Å²) in [5.74, 6) is 1.89. The predicted molar refractivity (Wildman–Crippen MR) is 150 cm³/mol. The van der Waals surface area contributed by atoms with Crippen LogP contribution in [0.2, 0.25) is 0 Å². The predicted octanol–water partition coefficient (Wildman–Crippen LogP) is 5.35. The molecule has 0 spiro atoms. The van der Waals surface area contributed by atoms with Crippen LogP contribution in [0.25, 0.3) is 44.4 Å². The number of aromatic nitrogens is 4. The monoisotopic (exact) mass is 494 g/mol. The minimum absolute atomic E-state index is 0.189. The van der Waals surface area contributed by atoms with Gasteiger partial charge in [0.2, 0.25) is 0 Å². The van der Waals surface area contributed by atoms with Crippen molar-refractivity contribution < 1.29 is 4.74 Å². The van der Waals surface area contributed by atoms with Crippen molar-refractivity contribution in [3.05, 3.63) is 84.7 Å². The fourth-order valence-electron chi connectivity index (χ4n) is 4.36. The van der Waals surface area contributed by atoms with Crippen LogP contribution in [0.15, 0.2) is 73.1 Å². The Bertz CT molecular complexity index is 1450. The molecule has 0 fully saturated rings. The van der Waals surface area contributed by atoms with Crippen LogP contribution < -0.4 is 10.6 Å². The van der Waals surface area contributed by atoms with Crippen molar-refractivity contribution in [3.63, 3.8) is 0 Å². The smallest absolute Gasteiger partial charge is 0.123 e. The summed E-state index contributed by atoms with van der Waals surface area (Å²) in [5, 5.41) is 8.70. The Morgan fingerprint density at radius 1 is 0.757 bits per heavy atom. The van der Waals surface area contributed by atoms with Gasteiger partial charge in [-0.05, 0) is 60.6 Å². The minimum atomic E-state index is 0.189. The van der Waals surface area contributed by atoms with Gasteiger partial charge in [0, 0.05) is 18.5 Å². The Morgan fingerprint density at radius 2 is 1.41 bits per heavy atom. The molecule has 0 amide bonds. The molecule has 0 bridgehead atoms. The Morgan fingerprint density at radius 3 is 2.16 bits per heavy atom. The van der Waals surface area contributed by atoms with Gasteiger partial charge >= 0.3 is 0 Å². The summed E-state index contributed by atoms with van der Waals surface area (Å²) in [4.78, 5) is 15.9. The van der Waals surface area contributed by atoms with Gasteiger partial charge in [-0.25, -0.2) is 9.97 Å². The van der Waals surface area contributed by atoms with Crippen LogP contribution in [0, 0.1) is 0 Å². The van der Waals surface area contributed by atoms with E-state index in [4.69, 9.17) is 4.74 Å². The second kappa shape index (κ2) is 11.5. The molecule has 1 atom stereocenters. The fourth-order valence-corrected chi connectivity index (χ4v) is 4.36. The van der Waals surface area contributed by atoms with E-state index in [9.17, 15) is 0 Å². The second-order valence-corrected chi connectivity index (χ2v) is 9.26. The summed E-state index contributed by atoms with van der Waals surface area (Å²) in [5.41, 5.74) is 6.69. The number of ether oxygens (including phenoxy) is 1. The molecule has 5 aromatic rings. The molecule has 0 saturated heterocycles. The number of H-pyrrole nitrogens is 2. The van der Waals surface area contributed by atoms with Crippen molar-refractivity contribution in [3.8, 4) is 33.6 Å². The molecule has 2 aromatic heterocycles. The van der Waals surface area contributed by atoms with E-state index in [2.05, 4.69) is 98.2 Å². The van der Waals surface area contributed by atoms with Crippen LogP contribution in [-0.4, -0.2) is 53.8 Å².